The Balaban J connectivity index is 2.46. The van der Waals surface area contributed by atoms with E-state index in [2.05, 4.69) is 15.9 Å². The van der Waals surface area contributed by atoms with Gasteiger partial charge in [0.2, 0.25) is 0 Å². The highest BCUT2D eigenvalue weighted by molar-refractivity contribution is 9.10. The first-order chi connectivity index (χ1) is 10.2. The van der Waals surface area contributed by atoms with Gasteiger partial charge in [-0.25, -0.2) is 0 Å². The van der Waals surface area contributed by atoms with Crippen LogP contribution in [0.3, 0.4) is 0 Å². The lowest BCUT2D eigenvalue weighted by molar-refractivity contribution is 0.103. The molecule has 4 heteroatoms. The third-order valence-electron chi connectivity index (χ3n) is 3.00. The molecule has 0 atom stereocenters. The summed E-state index contributed by atoms with van der Waals surface area (Å²) in [5, 5.41) is 0. The Hall–Kier alpha value is -2.07. The number of benzene rings is 2. The van der Waals surface area contributed by atoms with Crippen LogP contribution in [0.1, 0.15) is 21.5 Å². The van der Waals surface area contributed by atoms with E-state index in [9.17, 15) is 4.79 Å². The predicted octanol–water partition coefficient (Wildman–Crippen LogP) is 4.31. The quantitative estimate of drug-likeness (QED) is 0.597. The van der Waals surface area contributed by atoms with Crippen molar-refractivity contribution in [3.63, 3.8) is 0 Å². The highest BCUT2D eigenvalue weighted by atomic mass is 79.9. The molecule has 0 bridgehead atoms. The Bertz CT molecular complexity index is 660. The van der Waals surface area contributed by atoms with Crippen molar-refractivity contribution >= 4 is 27.8 Å². The van der Waals surface area contributed by atoms with Gasteiger partial charge in [-0.1, -0.05) is 22.0 Å². The summed E-state index contributed by atoms with van der Waals surface area (Å²) in [6, 6.07) is 12.6. The van der Waals surface area contributed by atoms with Crippen LogP contribution in [0.25, 0.3) is 6.08 Å². The lowest BCUT2D eigenvalue weighted by atomic mass is 9.98. The van der Waals surface area contributed by atoms with Crippen molar-refractivity contribution in [3.05, 3.63) is 69.9 Å². The number of hydrogen-bond donors (Lipinski definition) is 0. The van der Waals surface area contributed by atoms with Gasteiger partial charge in [-0.2, -0.15) is 0 Å². The van der Waals surface area contributed by atoms with Crippen molar-refractivity contribution in [2.45, 2.75) is 0 Å². The minimum atomic E-state index is -0.0582. The molecule has 0 amide bonds. The SMILES string of the molecule is COC=Cc1ccc(OC)cc1C(=O)c1ccc(Br)cc1. The molecule has 2 aromatic carbocycles. The fourth-order valence-corrected chi connectivity index (χ4v) is 2.17. The molecule has 2 aromatic rings. The van der Waals surface area contributed by atoms with Crippen LogP contribution < -0.4 is 4.74 Å². The molecule has 0 N–H and O–H groups in total. The largest absolute Gasteiger partial charge is 0.504 e. The van der Waals surface area contributed by atoms with Gasteiger partial charge in [-0.05, 0) is 48.0 Å². The summed E-state index contributed by atoms with van der Waals surface area (Å²) in [7, 11) is 3.14. The molecule has 3 nitrogen and oxygen atoms in total. The zero-order chi connectivity index (χ0) is 15.2. The number of carbonyl (C=O) groups is 1. The summed E-state index contributed by atoms with van der Waals surface area (Å²) in [5.74, 6) is 0.585. The first kappa shape index (κ1) is 15.3. The predicted molar refractivity (Wildman–Crippen MR) is 86.6 cm³/mol. The van der Waals surface area contributed by atoms with Crippen molar-refractivity contribution in [3.8, 4) is 5.75 Å². The molecule has 0 aliphatic carbocycles. The lowest BCUT2D eigenvalue weighted by Crippen LogP contribution is -2.04. The van der Waals surface area contributed by atoms with E-state index in [4.69, 9.17) is 9.47 Å². The van der Waals surface area contributed by atoms with E-state index in [1.54, 1.807) is 44.8 Å². The second-order valence-corrected chi connectivity index (χ2v) is 5.24. The minimum absolute atomic E-state index is 0.0582. The van der Waals surface area contributed by atoms with Crippen LogP contribution >= 0.6 is 15.9 Å². The summed E-state index contributed by atoms with van der Waals surface area (Å²) in [5.41, 5.74) is 1.98. The number of ether oxygens (including phenoxy) is 2. The Morgan fingerprint density at radius 2 is 1.81 bits per heavy atom. The topological polar surface area (TPSA) is 35.5 Å². The van der Waals surface area contributed by atoms with Gasteiger partial charge in [-0.15, -0.1) is 0 Å². The van der Waals surface area contributed by atoms with Gasteiger partial charge < -0.3 is 9.47 Å². The van der Waals surface area contributed by atoms with E-state index in [-0.39, 0.29) is 5.78 Å². The highest BCUT2D eigenvalue weighted by Gasteiger charge is 2.13. The summed E-state index contributed by atoms with van der Waals surface area (Å²) in [6.45, 7) is 0. The van der Waals surface area contributed by atoms with Gasteiger partial charge in [0.05, 0.1) is 20.5 Å². The van der Waals surface area contributed by atoms with Crippen LogP contribution in [0, 0.1) is 0 Å². The molecule has 2 rings (SSSR count). The van der Waals surface area contributed by atoms with Gasteiger partial charge in [0.1, 0.15) is 5.75 Å². The van der Waals surface area contributed by atoms with E-state index >= 15 is 0 Å². The molecular formula is C17H15BrO3. The Morgan fingerprint density at radius 3 is 2.43 bits per heavy atom. The fraction of sp³-hybridized carbons (Fsp3) is 0.118. The summed E-state index contributed by atoms with van der Waals surface area (Å²) < 4.78 is 11.1. The molecule has 21 heavy (non-hydrogen) atoms. The number of rotatable bonds is 5. The summed E-state index contributed by atoms with van der Waals surface area (Å²) >= 11 is 3.36. The maximum Gasteiger partial charge on any atom is 0.193 e. The molecule has 0 fully saturated rings. The molecule has 0 saturated heterocycles. The van der Waals surface area contributed by atoms with Gasteiger partial charge in [0.15, 0.2) is 5.78 Å². The van der Waals surface area contributed by atoms with Crippen LogP contribution in [-0.2, 0) is 4.74 Å². The van der Waals surface area contributed by atoms with E-state index in [0.717, 1.165) is 10.0 Å². The van der Waals surface area contributed by atoms with Crippen LogP contribution in [0.15, 0.2) is 53.2 Å². The molecule has 0 radical (unpaired) electrons. The van der Waals surface area contributed by atoms with Crippen molar-refractivity contribution in [2.24, 2.45) is 0 Å². The zero-order valence-electron chi connectivity index (χ0n) is 11.8. The Kier molecular flexibility index (Phi) is 5.17. The third-order valence-corrected chi connectivity index (χ3v) is 3.52. The van der Waals surface area contributed by atoms with E-state index in [1.807, 2.05) is 24.3 Å². The van der Waals surface area contributed by atoms with Gasteiger partial charge in [-0.3, -0.25) is 4.79 Å². The van der Waals surface area contributed by atoms with Crippen LogP contribution in [-0.4, -0.2) is 20.0 Å². The van der Waals surface area contributed by atoms with Gasteiger partial charge in [0, 0.05) is 15.6 Å². The van der Waals surface area contributed by atoms with E-state index < -0.39 is 0 Å². The lowest BCUT2D eigenvalue weighted by Gasteiger charge is -2.08. The first-order valence-electron chi connectivity index (χ1n) is 6.33. The molecule has 108 valence electrons. The van der Waals surface area contributed by atoms with Gasteiger partial charge in [0.25, 0.3) is 0 Å². The van der Waals surface area contributed by atoms with Crippen LogP contribution in [0.4, 0.5) is 0 Å². The molecule has 0 aliphatic rings. The number of methoxy groups -OCH3 is 2. The monoisotopic (exact) mass is 346 g/mol. The maximum absolute atomic E-state index is 12.7. The molecule has 0 aromatic heterocycles. The van der Waals surface area contributed by atoms with E-state index in [1.165, 1.54) is 0 Å². The standard InChI is InChI=1S/C17H15BrO3/c1-20-10-9-12-5-8-15(21-2)11-16(12)17(19)13-3-6-14(18)7-4-13/h3-11H,1-2H3. The van der Waals surface area contributed by atoms with E-state index in [0.29, 0.717) is 16.9 Å². The average Bonchev–Trinajstić information content (AvgIpc) is 2.53. The molecule has 0 heterocycles. The smallest absolute Gasteiger partial charge is 0.193 e. The maximum atomic E-state index is 12.7. The fourth-order valence-electron chi connectivity index (χ4n) is 1.90. The first-order valence-corrected chi connectivity index (χ1v) is 7.12. The normalized spacial score (nSPS) is 10.6. The van der Waals surface area contributed by atoms with Crippen molar-refractivity contribution < 1.29 is 14.3 Å². The molecule has 0 saturated carbocycles. The van der Waals surface area contributed by atoms with Crippen molar-refractivity contribution in [1.29, 1.82) is 0 Å². The average molecular weight is 347 g/mol. The number of hydrogen-bond acceptors (Lipinski definition) is 3. The Labute approximate surface area is 132 Å². The summed E-state index contributed by atoms with van der Waals surface area (Å²) in [6.07, 6.45) is 3.30. The van der Waals surface area contributed by atoms with Crippen molar-refractivity contribution in [2.75, 3.05) is 14.2 Å². The zero-order valence-corrected chi connectivity index (χ0v) is 13.4. The Morgan fingerprint density at radius 1 is 1.10 bits per heavy atom. The molecule has 0 aliphatic heterocycles. The highest BCUT2D eigenvalue weighted by Crippen LogP contribution is 2.23. The molecule has 0 spiro atoms. The summed E-state index contributed by atoms with van der Waals surface area (Å²) in [4.78, 5) is 12.7. The number of ketones is 1. The van der Waals surface area contributed by atoms with Crippen LogP contribution in [0.2, 0.25) is 0 Å². The van der Waals surface area contributed by atoms with Crippen LogP contribution in [0.5, 0.6) is 5.75 Å². The third kappa shape index (κ3) is 3.73. The molecule has 0 unspecified atom stereocenters. The molecular weight excluding hydrogens is 332 g/mol. The number of halogens is 1. The minimum Gasteiger partial charge on any atom is -0.504 e. The number of carbonyl (C=O) groups excluding carboxylic acids is 1. The van der Waals surface area contributed by atoms with Gasteiger partial charge >= 0.3 is 0 Å². The van der Waals surface area contributed by atoms with Crippen molar-refractivity contribution in [1.82, 2.24) is 0 Å². The second kappa shape index (κ2) is 7.09. The second-order valence-electron chi connectivity index (χ2n) is 4.33.